The van der Waals surface area contributed by atoms with Crippen LogP contribution in [-0.2, 0) is 0 Å². The van der Waals surface area contributed by atoms with Gasteiger partial charge >= 0.3 is 0 Å². The number of nitrogens with zero attached hydrogens (tertiary/aromatic N) is 3. The van der Waals surface area contributed by atoms with Gasteiger partial charge in [0.15, 0.2) is 5.82 Å². The van der Waals surface area contributed by atoms with Crippen LogP contribution in [0.5, 0.6) is 0 Å². The van der Waals surface area contributed by atoms with Gasteiger partial charge < -0.3 is 8.98 Å². The molecule has 0 radical (unpaired) electrons. The molecule has 10 aromatic rings. The fourth-order valence-electron chi connectivity index (χ4n) is 7.31. The van der Waals surface area contributed by atoms with E-state index in [1.54, 1.807) is 6.07 Å². The molecule has 0 unspecified atom stereocenters. The maximum atomic E-state index is 15.2. The first kappa shape index (κ1) is 28.4. The number of para-hydroxylation sites is 3. The average Bonchev–Trinajstić information content (AvgIpc) is 3.70. The van der Waals surface area contributed by atoms with Crippen molar-refractivity contribution in [3.63, 3.8) is 0 Å². The Hall–Kier alpha value is -6.66. The molecular weight excluding hydrogens is 625 g/mol. The molecule has 6 heteroatoms. The van der Waals surface area contributed by atoms with E-state index in [4.69, 9.17) is 14.4 Å². The standard InChI is InChI=1S/C44H25F2N3O/c45-34-15-9-16-35(46)42(34)43-30-13-4-6-17-36(30)47-44(48-43)31-14-8-19-40-41(31)33-25-27(21-23-39(33)50-40)26-20-22-38-32(24-26)29-12-5-7-18-37(29)49(38)28-10-2-1-3-11-28/h1-25H. The van der Waals surface area contributed by atoms with Crippen LogP contribution >= 0.6 is 0 Å². The summed E-state index contributed by atoms with van der Waals surface area (Å²) in [7, 11) is 0. The first-order valence-corrected chi connectivity index (χ1v) is 16.4. The maximum Gasteiger partial charge on any atom is 0.161 e. The fraction of sp³-hybridized carbons (Fsp3) is 0. The lowest BCUT2D eigenvalue weighted by Gasteiger charge is -2.11. The summed E-state index contributed by atoms with van der Waals surface area (Å²) in [5.74, 6) is -1.00. The third kappa shape index (κ3) is 4.28. The van der Waals surface area contributed by atoms with E-state index in [2.05, 4.69) is 83.4 Å². The number of aromatic nitrogens is 3. The van der Waals surface area contributed by atoms with Gasteiger partial charge in [0, 0.05) is 38.2 Å². The van der Waals surface area contributed by atoms with Gasteiger partial charge in [-0.1, -0.05) is 84.9 Å². The molecule has 0 aliphatic carbocycles. The predicted octanol–water partition coefficient (Wildman–Crippen LogP) is 11.9. The minimum absolute atomic E-state index is 0.178. The second kappa shape index (κ2) is 10.9. The molecule has 236 valence electrons. The molecule has 0 N–H and O–H groups in total. The summed E-state index contributed by atoms with van der Waals surface area (Å²) in [5.41, 5.74) is 8.21. The van der Waals surface area contributed by atoms with Crippen LogP contribution in [0.15, 0.2) is 156 Å². The predicted molar refractivity (Wildman–Crippen MR) is 197 cm³/mol. The minimum Gasteiger partial charge on any atom is -0.456 e. The second-order valence-corrected chi connectivity index (χ2v) is 12.4. The Kier molecular flexibility index (Phi) is 6.20. The number of halogens is 2. The molecule has 0 saturated carbocycles. The molecule has 10 rings (SSSR count). The van der Waals surface area contributed by atoms with Crippen molar-refractivity contribution in [1.82, 2.24) is 14.5 Å². The van der Waals surface area contributed by atoms with Crippen LogP contribution in [0, 0.1) is 11.6 Å². The van der Waals surface area contributed by atoms with Gasteiger partial charge in [-0.15, -0.1) is 0 Å². The molecule has 50 heavy (non-hydrogen) atoms. The highest BCUT2D eigenvalue weighted by Crippen LogP contribution is 2.41. The van der Waals surface area contributed by atoms with Crippen molar-refractivity contribution < 1.29 is 13.2 Å². The molecule has 4 nitrogen and oxygen atoms in total. The Morgan fingerprint density at radius 3 is 2.02 bits per heavy atom. The van der Waals surface area contributed by atoms with Gasteiger partial charge in [0.1, 0.15) is 22.8 Å². The van der Waals surface area contributed by atoms with E-state index in [9.17, 15) is 0 Å². The molecule has 3 aromatic heterocycles. The Balaban J connectivity index is 1.18. The minimum atomic E-state index is -0.680. The largest absolute Gasteiger partial charge is 0.456 e. The number of fused-ring (bicyclic) bond motifs is 7. The summed E-state index contributed by atoms with van der Waals surface area (Å²) in [6.45, 7) is 0. The Morgan fingerprint density at radius 1 is 0.500 bits per heavy atom. The van der Waals surface area contributed by atoms with E-state index < -0.39 is 11.6 Å². The first-order valence-electron chi connectivity index (χ1n) is 16.4. The van der Waals surface area contributed by atoms with Crippen LogP contribution in [0.25, 0.3) is 94.1 Å². The van der Waals surface area contributed by atoms with Crippen molar-refractivity contribution in [2.45, 2.75) is 0 Å². The van der Waals surface area contributed by atoms with Gasteiger partial charge in [-0.2, -0.15) is 0 Å². The molecule has 7 aromatic carbocycles. The van der Waals surface area contributed by atoms with Gasteiger partial charge in [0.25, 0.3) is 0 Å². The highest BCUT2D eigenvalue weighted by Gasteiger charge is 2.21. The number of benzene rings is 7. The van der Waals surface area contributed by atoms with Crippen molar-refractivity contribution in [3.05, 3.63) is 163 Å². The van der Waals surface area contributed by atoms with Crippen molar-refractivity contribution in [3.8, 4) is 39.5 Å². The molecule has 0 bridgehead atoms. The smallest absolute Gasteiger partial charge is 0.161 e. The van der Waals surface area contributed by atoms with E-state index in [0.717, 1.165) is 49.6 Å². The normalized spacial score (nSPS) is 11.8. The Labute approximate surface area is 284 Å². The van der Waals surface area contributed by atoms with Crippen LogP contribution in [0.1, 0.15) is 0 Å². The molecule has 0 atom stereocenters. The lowest BCUT2D eigenvalue weighted by atomic mass is 9.99. The van der Waals surface area contributed by atoms with E-state index in [0.29, 0.717) is 27.9 Å². The Bertz CT molecular complexity index is 2940. The molecule has 0 aliphatic heterocycles. The van der Waals surface area contributed by atoms with Crippen LogP contribution in [-0.4, -0.2) is 14.5 Å². The topological polar surface area (TPSA) is 43.9 Å². The summed E-state index contributed by atoms with van der Waals surface area (Å²) in [6, 6.07) is 48.6. The number of hydrogen-bond donors (Lipinski definition) is 0. The third-order valence-corrected chi connectivity index (χ3v) is 9.56. The van der Waals surface area contributed by atoms with Gasteiger partial charge in [-0.25, -0.2) is 18.7 Å². The zero-order valence-corrected chi connectivity index (χ0v) is 26.4. The average molecular weight is 650 g/mol. The van der Waals surface area contributed by atoms with Crippen LogP contribution in [0.3, 0.4) is 0 Å². The summed E-state index contributed by atoms with van der Waals surface area (Å²) < 4.78 is 39.0. The van der Waals surface area contributed by atoms with Crippen LogP contribution in [0.4, 0.5) is 8.78 Å². The lowest BCUT2D eigenvalue weighted by molar-refractivity contribution is 0.589. The van der Waals surface area contributed by atoms with Crippen molar-refractivity contribution in [2.24, 2.45) is 0 Å². The summed E-state index contributed by atoms with van der Waals surface area (Å²) >= 11 is 0. The van der Waals surface area contributed by atoms with Gasteiger partial charge in [0.2, 0.25) is 0 Å². The monoisotopic (exact) mass is 649 g/mol. The number of rotatable bonds is 4. The highest BCUT2D eigenvalue weighted by atomic mass is 19.1. The first-order chi connectivity index (χ1) is 24.6. The lowest BCUT2D eigenvalue weighted by Crippen LogP contribution is -1.99. The summed E-state index contributed by atoms with van der Waals surface area (Å²) in [4.78, 5) is 9.73. The summed E-state index contributed by atoms with van der Waals surface area (Å²) in [6.07, 6.45) is 0. The number of furan rings is 1. The molecular formula is C44H25F2N3O. The van der Waals surface area contributed by atoms with Gasteiger partial charge in [-0.05, 0) is 77.9 Å². The van der Waals surface area contributed by atoms with E-state index in [1.165, 1.54) is 23.6 Å². The van der Waals surface area contributed by atoms with E-state index >= 15 is 8.78 Å². The van der Waals surface area contributed by atoms with Crippen molar-refractivity contribution in [1.29, 1.82) is 0 Å². The zero-order chi connectivity index (χ0) is 33.3. The van der Waals surface area contributed by atoms with Crippen LogP contribution < -0.4 is 0 Å². The van der Waals surface area contributed by atoms with E-state index in [1.807, 2.05) is 48.5 Å². The maximum absolute atomic E-state index is 15.2. The highest BCUT2D eigenvalue weighted by molar-refractivity contribution is 6.14. The van der Waals surface area contributed by atoms with Gasteiger partial charge in [0.05, 0.1) is 27.8 Å². The van der Waals surface area contributed by atoms with Crippen molar-refractivity contribution in [2.75, 3.05) is 0 Å². The van der Waals surface area contributed by atoms with Crippen LogP contribution in [0.2, 0.25) is 0 Å². The fourth-order valence-corrected chi connectivity index (χ4v) is 7.31. The Morgan fingerprint density at radius 2 is 1.18 bits per heavy atom. The van der Waals surface area contributed by atoms with Crippen molar-refractivity contribution >= 4 is 54.6 Å². The second-order valence-electron chi connectivity index (χ2n) is 12.4. The quantitative estimate of drug-likeness (QED) is 0.191. The van der Waals surface area contributed by atoms with Gasteiger partial charge in [-0.3, -0.25) is 0 Å². The third-order valence-electron chi connectivity index (χ3n) is 9.56. The summed E-state index contributed by atoms with van der Waals surface area (Å²) in [5, 5.41) is 4.64. The molecule has 3 heterocycles. The molecule has 0 aliphatic rings. The molecule has 0 spiro atoms. The zero-order valence-electron chi connectivity index (χ0n) is 26.4. The molecule has 0 saturated heterocycles. The SMILES string of the molecule is Fc1cccc(F)c1-c1nc(-c2cccc3oc4ccc(-c5ccc6c(c5)c5ccccc5n6-c5ccccc5)cc4c23)nc2ccccc12. The van der Waals surface area contributed by atoms with E-state index in [-0.39, 0.29) is 11.3 Å². The molecule has 0 fully saturated rings. The molecule has 0 amide bonds. The number of hydrogen-bond acceptors (Lipinski definition) is 3.